The van der Waals surface area contributed by atoms with Gasteiger partial charge in [0.1, 0.15) is 0 Å². The Kier molecular flexibility index (Phi) is 9.07. The molecule has 6 heteroatoms. The summed E-state index contributed by atoms with van der Waals surface area (Å²) < 4.78 is 28.3. The standard InChI is InChI=1S/C29H48O4Si2/c1-26(2,3)30-34(31-27(4,5)6,24-19-15-13-16-20-24)23-35(32-28(7,8)9,33-29(10,11)12)25-21-17-14-18-22-25/h13-22H,23H2,1-12H3. The highest BCUT2D eigenvalue weighted by Gasteiger charge is 2.58. The lowest BCUT2D eigenvalue weighted by Gasteiger charge is -2.48. The van der Waals surface area contributed by atoms with E-state index in [0.29, 0.717) is 5.67 Å². The van der Waals surface area contributed by atoms with Crippen LogP contribution in [0, 0.1) is 0 Å². The van der Waals surface area contributed by atoms with E-state index in [1.807, 2.05) is 12.1 Å². The first-order valence-corrected chi connectivity index (χ1v) is 16.7. The molecule has 0 saturated heterocycles. The summed E-state index contributed by atoms with van der Waals surface area (Å²) in [5.41, 5.74) is -1.13. The van der Waals surface area contributed by atoms with Crippen LogP contribution in [0.5, 0.6) is 0 Å². The molecule has 0 N–H and O–H groups in total. The number of hydrogen-bond acceptors (Lipinski definition) is 4. The van der Waals surface area contributed by atoms with Gasteiger partial charge in [0.25, 0.3) is 0 Å². The van der Waals surface area contributed by atoms with Gasteiger partial charge in [-0.05, 0) is 93.5 Å². The molecule has 0 bridgehead atoms. The van der Waals surface area contributed by atoms with E-state index >= 15 is 0 Å². The predicted molar refractivity (Wildman–Crippen MR) is 152 cm³/mol. The molecular weight excluding hydrogens is 468 g/mol. The summed E-state index contributed by atoms with van der Waals surface area (Å²) in [6.07, 6.45) is 0. The first-order chi connectivity index (χ1) is 15.7. The Labute approximate surface area is 216 Å². The summed E-state index contributed by atoms with van der Waals surface area (Å²) in [4.78, 5) is 0. The molecular formula is C29H48O4Si2. The van der Waals surface area contributed by atoms with E-state index < -0.39 is 39.5 Å². The van der Waals surface area contributed by atoms with Crippen molar-refractivity contribution in [3.63, 3.8) is 0 Å². The summed E-state index contributed by atoms with van der Waals surface area (Å²) in [7, 11) is -6.30. The third kappa shape index (κ3) is 9.59. The van der Waals surface area contributed by atoms with Crippen LogP contribution in [0.15, 0.2) is 60.7 Å². The zero-order chi connectivity index (χ0) is 26.8. The highest BCUT2D eigenvalue weighted by Crippen LogP contribution is 2.35. The van der Waals surface area contributed by atoms with Gasteiger partial charge in [-0.15, -0.1) is 0 Å². The lowest BCUT2D eigenvalue weighted by atomic mass is 10.2. The van der Waals surface area contributed by atoms with Crippen molar-refractivity contribution in [2.75, 3.05) is 0 Å². The second-order valence-electron chi connectivity index (χ2n) is 13.3. The third-order valence-electron chi connectivity index (χ3n) is 4.78. The summed E-state index contributed by atoms with van der Waals surface area (Å²) in [6, 6.07) is 20.9. The average molecular weight is 517 g/mol. The molecule has 4 nitrogen and oxygen atoms in total. The minimum Gasteiger partial charge on any atom is -0.386 e. The van der Waals surface area contributed by atoms with Gasteiger partial charge in [0.15, 0.2) is 0 Å². The maximum Gasteiger partial charge on any atom is 0.375 e. The Balaban J connectivity index is 2.90. The third-order valence-corrected chi connectivity index (χ3v) is 14.7. The molecule has 35 heavy (non-hydrogen) atoms. The van der Waals surface area contributed by atoms with E-state index in [0.717, 1.165) is 10.4 Å². The van der Waals surface area contributed by atoms with Gasteiger partial charge in [-0.3, -0.25) is 0 Å². The van der Waals surface area contributed by atoms with Crippen molar-refractivity contribution in [1.29, 1.82) is 0 Å². The van der Waals surface area contributed by atoms with Crippen LogP contribution in [-0.4, -0.2) is 39.5 Å². The highest BCUT2D eigenvalue weighted by atomic mass is 28.4. The molecule has 2 aromatic rings. The van der Waals surface area contributed by atoms with Crippen molar-refractivity contribution in [1.82, 2.24) is 0 Å². The van der Waals surface area contributed by atoms with Crippen LogP contribution in [0.1, 0.15) is 83.1 Å². The summed E-state index contributed by atoms with van der Waals surface area (Å²) >= 11 is 0. The van der Waals surface area contributed by atoms with Gasteiger partial charge in [-0.2, -0.15) is 0 Å². The molecule has 196 valence electrons. The molecule has 0 fully saturated rings. The molecule has 2 rings (SSSR count). The van der Waals surface area contributed by atoms with Crippen LogP contribution >= 0.6 is 0 Å². The van der Waals surface area contributed by atoms with Crippen molar-refractivity contribution >= 4 is 27.5 Å². The predicted octanol–water partition coefficient (Wildman–Crippen LogP) is 6.48. The minimum absolute atomic E-state index is 0.423. The molecule has 2 aromatic carbocycles. The van der Waals surface area contributed by atoms with Crippen molar-refractivity contribution in [2.45, 2.75) is 111 Å². The van der Waals surface area contributed by atoms with Crippen molar-refractivity contribution in [3.8, 4) is 0 Å². The zero-order valence-corrected chi connectivity index (χ0v) is 26.1. The zero-order valence-electron chi connectivity index (χ0n) is 24.1. The highest BCUT2D eigenvalue weighted by molar-refractivity contribution is 6.98. The van der Waals surface area contributed by atoms with Gasteiger partial charge in [0.05, 0.1) is 22.4 Å². The average Bonchev–Trinajstić information content (AvgIpc) is 2.64. The number of benzene rings is 2. The molecule has 0 spiro atoms. The number of hydrogen-bond donors (Lipinski definition) is 0. The molecule has 0 saturated carbocycles. The Morgan fingerprint density at radius 1 is 0.429 bits per heavy atom. The monoisotopic (exact) mass is 516 g/mol. The molecule has 0 amide bonds. The van der Waals surface area contributed by atoms with Gasteiger partial charge in [-0.1, -0.05) is 60.7 Å². The van der Waals surface area contributed by atoms with E-state index in [2.05, 4.69) is 132 Å². The molecule has 0 aliphatic rings. The Bertz CT molecular complexity index is 808. The fourth-order valence-corrected chi connectivity index (χ4v) is 15.4. The molecule has 0 aliphatic heterocycles. The first-order valence-electron chi connectivity index (χ1n) is 12.7. The normalized spacial score (nSPS) is 14.3. The topological polar surface area (TPSA) is 36.9 Å². The van der Waals surface area contributed by atoms with Crippen LogP contribution in [0.25, 0.3) is 0 Å². The van der Waals surface area contributed by atoms with Crippen molar-refractivity contribution in [3.05, 3.63) is 60.7 Å². The van der Waals surface area contributed by atoms with Crippen LogP contribution in [0.4, 0.5) is 0 Å². The van der Waals surface area contributed by atoms with Gasteiger partial charge >= 0.3 is 17.1 Å². The Morgan fingerprint density at radius 2 is 0.657 bits per heavy atom. The molecule has 0 heterocycles. The van der Waals surface area contributed by atoms with Crippen molar-refractivity contribution < 1.29 is 17.7 Å². The Morgan fingerprint density at radius 3 is 0.857 bits per heavy atom. The van der Waals surface area contributed by atoms with E-state index in [1.54, 1.807) is 0 Å². The van der Waals surface area contributed by atoms with E-state index in [-0.39, 0.29) is 0 Å². The molecule has 0 atom stereocenters. The fourth-order valence-electron chi connectivity index (χ4n) is 4.29. The summed E-state index contributed by atoms with van der Waals surface area (Å²) in [6.45, 7) is 25.2. The second kappa shape index (κ2) is 10.6. The summed E-state index contributed by atoms with van der Waals surface area (Å²) in [5, 5.41) is 2.18. The van der Waals surface area contributed by atoms with E-state index in [9.17, 15) is 0 Å². The van der Waals surface area contributed by atoms with Crippen LogP contribution in [0.3, 0.4) is 0 Å². The second-order valence-corrected chi connectivity index (χ2v) is 19.7. The lowest BCUT2D eigenvalue weighted by molar-refractivity contribution is 0.00905. The first kappa shape index (κ1) is 29.9. The van der Waals surface area contributed by atoms with Crippen LogP contribution in [0.2, 0.25) is 5.67 Å². The number of rotatable bonds is 8. The quantitative estimate of drug-likeness (QED) is 0.376. The summed E-state index contributed by atoms with van der Waals surface area (Å²) in [5.74, 6) is 0. The van der Waals surface area contributed by atoms with Gasteiger partial charge < -0.3 is 17.7 Å². The molecule has 0 aromatic heterocycles. The minimum atomic E-state index is -3.15. The smallest absolute Gasteiger partial charge is 0.375 e. The van der Waals surface area contributed by atoms with Gasteiger partial charge in [0.2, 0.25) is 0 Å². The van der Waals surface area contributed by atoms with Crippen LogP contribution < -0.4 is 10.4 Å². The molecule has 0 aliphatic carbocycles. The van der Waals surface area contributed by atoms with E-state index in [1.165, 1.54) is 0 Å². The maximum atomic E-state index is 7.08. The Hall–Kier alpha value is -1.29. The molecule has 0 unspecified atom stereocenters. The lowest BCUT2D eigenvalue weighted by Crippen LogP contribution is -2.70. The molecule has 0 radical (unpaired) electrons. The van der Waals surface area contributed by atoms with Crippen molar-refractivity contribution in [2.24, 2.45) is 0 Å². The fraction of sp³-hybridized carbons (Fsp3) is 0.586. The largest absolute Gasteiger partial charge is 0.386 e. The van der Waals surface area contributed by atoms with Gasteiger partial charge in [-0.25, -0.2) is 0 Å². The van der Waals surface area contributed by atoms with Crippen LogP contribution in [-0.2, 0) is 17.7 Å². The van der Waals surface area contributed by atoms with E-state index in [4.69, 9.17) is 17.7 Å². The van der Waals surface area contributed by atoms with Gasteiger partial charge in [0, 0.05) is 5.67 Å². The maximum absolute atomic E-state index is 7.08. The SMILES string of the molecule is CC(C)(C)O[Si](C[Si](OC(C)(C)C)(OC(C)(C)C)c1ccccc1)(OC(C)(C)C)c1ccccc1.